The van der Waals surface area contributed by atoms with E-state index >= 15 is 0 Å². The zero-order valence-electron chi connectivity index (χ0n) is 15.7. The van der Waals surface area contributed by atoms with E-state index in [1.807, 2.05) is 50.3 Å². The SMILES string of the molecule is CN=C(NCCC(=O)Nc1cccc(Cl)c1C)N(C)Cc1cccn1C. The number of rotatable bonds is 6. The van der Waals surface area contributed by atoms with Crippen LogP contribution in [-0.2, 0) is 18.4 Å². The number of aromatic nitrogens is 1. The summed E-state index contributed by atoms with van der Waals surface area (Å²) in [5, 5.41) is 6.76. The summed E-state index contributed by atoms with van der Waals surface area (Å²) < 4.78 is 2.07. The number of aryl methyl sites for hydroxylation is 1. The number of nitrogens with zero attached hydrogens (tertiary/aromatic N) is 3. The Kier molecular flexibility index (Phi) is 7.09. The summed E-state index contributed by atoms with van der Waals surface area (Å²) in [6, 6.07) is 9.56. The predicted molar refractivity (Wildman–Crippen MR) is 108 cm³/mol. The van der Waals surface area contributed by atoms with Gasteiger partial charge >= 0.3 is 0 Å². The van der Waals surface area contributed by atoms with Crippen molar-refractivity contribution in [3.05, 3.63) is 52.8 Å². The molecular weight excluding hydrogens is 350 g/mol. The fraction of sp³-hybridized carbons (Fsp3) is 0.368. The van der Waals surface area contributed by atoms with Gasteiger partial charge in [-0.3, -0.25) is 9.79 Å². The molecule has 1 heterocycles. The minimum absolute atomic E-state index is 0.0663. The van der Waals surface area contributed by atoms with Gasteiger partial charge in [0.05, 0.1) is 6.54 Å². The van der Waals surface area contributed by atoms with E-state index in [4.69, 9.17) is 11.6 Å². The molecule has 1 amide bonds. The molecule has 0 saturated heterocycles. The van der Waals surface area contributed by atoms with Gasteiger partial charge in [0.25, 0.3) is 0 Å². The molecule has 0 aliphatic carbocycles. The fourth-order valence-corrected chi connectivity index (χ4v) is 2.78. The van der Waals surface area contributed by atoms with Crippen molar-refractivity contribution in [1.82, 2.24) is 14.8 Å². The van der Waals surface area contributed by atoms with Crippen molar-refractivity contribution >= 4 is 29.2 Å². The summed E-state index contributed by atoms with van der Waals surface area (Å²) in [4.78, 5) is 18.5. The maximum atomic E-state index is 12.2. The monoisotopic (exact) mass is 375 g/mol. The highest BCUT2D eigenvalue weighted by Crippen LogP contribution is 2.22. The maximum absolute atomic E-state index is 12.2. The Balaban J connectivity index is 1.82. The van der Waals surface area contributed by atoms with Crippen molar-refractivity contribution in [2.24, 2.45) is 12.0 Å². The number of carbonyl (C=O) groups is 1. The second kappa shape index (κ2) is 9.29. The number of aliphatic imine (C=N–C) groups is 1. The van der Waals surface area contributed by atoms with Gasteiger partial charge in [-0.2, -0.15) is 0 Å². The van der Waals surface area contributed by atoms with Crippen LogP contribution in [0.5, 0.6) is 0 Å². The molecule has 0 unspecified atom stereocenters. The van der Waals surface area contributed by atoms with Crippen LogP contribution >= 0.6 is 11.6 Å². The fourth-order valence-electron chi connectivity index (χ4n) is 2.61. The van der Waals surface area contributed by atoms with Crippen molar-refractivity contribution in [1.29, 1.82) is 0 Å². The lowest BCUT2D eigenvalue weighted by atomic mass is 10.2. The van der Waals surface area contributed by atoms with Crippen LogP contribution in [0, 0.1) is 6.92 Å². The van der Waals surface area contributed by atoms with Gasteiger partial charge in [-0.15, -0.1) is 0 Å². The van der Waals surface area contributed by atoms with Crippen LogP contribution < -0.4 is 10.6 Å². The summed E-state index contributed by atoms with van der Waals surface area (Å²) in [6.45, 7) is 3.11. The van der Waals surface area contributed by atoms with Crippen LogP contribution in [0.1, 0.15) is 17.7 Å². The topological polar surface area (TPSA) is 61.7 Å². The molecule has 140 valence electrons. The molecule has 0 bridgehead atoms. The van der Waals surface area contributed by atoms with Crippen LogP contribution in [0.3, 0.4) is 0 Å². The number of amides is 1. The third-order valence-electron chi connectivity index (χ3n) is 4.20. The van der Waals surface area contributed by atoms with Crippen LogP contribution in [0.15, 0.2) is 41.5 Å². The molecule has 0 aliphatic heterocycles. The average molecular weight is 376 g/mol. The van der Waals surface area contributed by atoms with Crippen molar-refractivity contribution in [2.75, 3.05) is 26.0 Å². The maximum Gasteiger partial charge on any atom is 0.226 e. The highest BCUT2D eigenvalue weighted by molar-refractivity contribution is 6.31. The van der Waals surface area contributed by atoms with Gasteiger partial charge in [0.15, 0.2) is 5.96 Å². The smallest absolute Gasteiger partial charge is 0.226 e. The molecule has 2 N–H and O–H groups in total. The van der Waals surface area contributed by atoms with Gasteiger partial charge in [-0.05, 0) is 36.8 Å². The first-order valence-corrected chi connectivity index (χ1v) is 8.87. The summed E-state index contributed by atoms with van der Waals surface area (Å²) in [6.07, 6.45) is 2.35. The number of benzene rings is 1. The van der Waals surface area contributed by atoms with Crippen molar-refractivity contribution in [3.63, 3.8) is 0 Å². The zero-order chi connectivity index (χ0) is 19.1. The van der Waals surface area contributed by atoms with Crippen LogP contribution in [0.25, 0.3) is 0 Å². The third-order valence-corrected chi connectivity index (χ3v) is 4.61. The van der Waals surface area contributed by atoms with Gasteiger partial charge in [0.2, 0.25) is 5.91 Å². The third kappa shape index (κ3) is 5.26. The summed E-state index contributed by atoms with van der Waals surface area (Å²) >= 11 is 6.08. The van der Waals surface area contributed by atoms with E-state index < -0.39 is 0 Å². The highest BCUT2D eigenvalue weighted by atomic mass is 35.5. The van der Waals surface area contributed by atoms with Gasteiger partial charge in [0.1, 0.15) is 0 Å². The Labute approximate surface area is 159 Å². The second-order valence-corrected chi connectivity index (χ2v) is 6.56. The standard InChI is InChI=1S/C19H26ClN5O/c1-14-16(20)8-5-9-17(14)23-18(26)10-11-22-19(21-2)25(4)13-15-7-6-12-24(15)3/h5-9,12H,10-11,13H2,1-4H3,(H,21,22)(H,23,26). The van der Waals surface area contributed by atoms with Crippen molar-refractivity contribution < 1.29 is 4.79 Å². The lowest BCUT2D eigenvalue weighted by molar-refractivity contribution is -0.116. The van der Waals surface area contributed by atoms with Crippen molar-refractivity contribution in [2.45, 2.75) is 19.9 Å². The molecule has 1 aromatic carbocycles. The molecule has 0 aliphatic rings. The molecule has 0 saturated carbocycles. The molecule has 26 heavy (non-hydrogen) atoms. The molecule has 2 rings (SSSR count). The highest BCUT2D eigenvalue weighted by Gasteiger charge is 2.10. The van der Waals surface area contributed by atoms with E-state index in [9.17, 15) is 4.79 Å². The zero-order valence-corrected chi connectivity index (χ0v) is 16.5. The van der Waals surface area contributed by atoms with E-state index in [0.717, 1.165) is 23.8 Å². The van der Waals surface area contributed by atoms with Crippen LogP contribution in [0.4, 0.5) is 5.69 Å². The first-order chi connectivity index (χ1) is 12.4. The molecule has 0 radical (unpaired) electrons. The number of halogens is 1. The number of hydrogen-bond donors (Lipinski definition) is 2. The van der Waals surface area contributed by atoms with Crippen LogP contribution in [0.2, 0.25) is 5.02 Å². The minimum atomic E-state index is -0.0663. The molecule has 6 nitrogen and oxygen atoms in total. The summed E-state index contributed by atoms with van der Waals surface area (Å²) in [5.41, 5.74) is 2.80. The summed E-state index contributed by atoms with van der Waals surface area (Å²) in [7, 11) is 5.72. The van der Waals surface area contributed by atoms with Crippen molar-refractivity contribution in [3.8, 4) is 0 Å². The Morgan fingerprint density at radius 2 is 2.08 bits per heavy atom. The molecule has 2 aromatic rings. The normalized spacial score (nSPS) is 11.3. The Hall–Kier alpha value is -2.47. The molecular formula is C19H26ClN5O. The molecule has 0 atom stereocenters. The predicted octanol–water partition coefficient (Wildman–Crippen LogP) is 3.02. The van der Waals surface area contributed by atoms with E-state index in [0.29, 0.717) is 18.0 Å². The molecule has 1 aromatic heterocycles. The number of carbonyl (C=O) groups excluding carboxylic acids is 1. The molecule has 7 heteroatoms. The van der Waals surface area contributed by atoms with Crippen LogP contribution in [-0.4, -0.2) is 42.0 Å². The molecule has 0 fully saturated rings. The Bertz CT molecular complexity index is 784. The second-order valence-electron chi connectivity index (χ2n) is 6.15. The number of guanidine groups is 1. The quantitative estimate of drug-likeness (QED) is 0.602. The number of anilines is 1. The Morgan fingerprint density at radius 3 is 2.73 bits per heavy atom. The Morgan fingerprint density at radius 1 is 1.31 bits per heavy atom. The van der Waals surface area contributed by atoms with E-state index in [-0.39, 0.29) is 5.91 Å². The van der Waals surface area contributed by atoms with Gasteiger partial charge in [0, 0.05) is 56.7 Å². The van der Waals surface area contributed by atoms with Gasteiger partial charge in [-0.25, -0.2) is 0 Å². The lowest BCUT2D eigenvalue weighted by Gasteiger charge is -2.22. The van der Waals surface area contributed by atoms with E-state index in [2.05, 4.69) is 26.3 Å². The first-order valence-electron chi connectivity index (χ1n) is 8.49. The summed E-state index contributed by atoms with van der Waals surface area (Å²) in [5.74, 6) is 0.682. The molecule has 0 spiro atoms. The number of hydrogen-bond acceptors (Lipinski definition) is 2. The van der Waals surface area contributed by atoms with E-state index in [1.54, 1.807) is 13.1 Å². The average Bonchev–Trinajstić information content (AvgIpc) is 3.00. The number of nitrogens with one attached hydrogen (secondary N) is 2. The van der Waals surface area contributed by atoms with Gasteiger partial charge < -0.3 is 20.1 Å². The largest absolute Gasteiger partial charge is 0.356 e. The lowest BCUT2D eigenvalue weighted by Crippen LogP contribution is -2.40. The van der Waals surface area contributed by atoms with Gasteiger partial charge in [-0.1, -0.05) is 17.7 Å². The van der Waals surface area contributed by atoms with E-state index in [1.165, 1.54) is 5.69 Å². The first kappa shape index (κ1) is 19.8. The minimum Gasteiger partial charge on any atom is -0.356 e.